The Labute approximate surface area is 130 Å². The topological polar surface area (TPSA) is 37.3 Å². The van der Waals surface area contributed by atoms with Crippen molar-refractivity contribution in [2.75, 3.05) is 11.1 Å². The maximum Gasteiger partial charge on any atom is 0.161 e. The Morgan fingerprint density at radius 1 is 1.29 bits per heavy atom. The highest BCUT2D eigenvalue weighted by atomic mass is 32.2. The maximum absolute atomic E-state index is 4.90. The van der Waals surface area contributed by atoms with Crippen LogP contribution in [0.1, 0.15) is 32.4 Å². The van der Waals surface area contributed by atoms with Crippen molar-refractivity contribution in [3.63, 3.8) is 0 Å². The monoisotopic (exact) mass is 299 g/mol. The highest BCUT2D eigenvalue weighted by Gasteiger charge is 2.26. The molecule has 2 aromatic rings. The van der Waals surface area contributed by atoms with Gasteiger partial charge in [-0.15, -0.1) is 0 Å². The van der Waals surface area contributed by atoms with Gasteiger partial charge < -0.3 is 5.32 Å². The van der Waals surface area contributed by atoms with Crippen molar-refractivity contribution in [1.29, 1.82) is 0 Å². The first-order chi connectivity index (χ1) is 10.1. The van der Waals surface area contributed by atoms with Crippen LogP contribution >= 0.6 is 11.8 Å². The van der Waals surface area contributed by atoms with Crippen molar-refractivity contribution in [3.8, 4) is 0 Å². The Morgan fingerprint density at radius 2 is 2.14 bits per heavy atom. The third kappa shape index (κ3) is 3.05. The summed E-state index contributed by atoms with van der Waals surface area (Å²) in [7, 11) is 0. The molecule has 3 rings (SSSR count). The minimum Gasteiger partial charge on any atom is -0.333 e. The second-order valence-electron chi connectivity index (χ2n) is 5.82. The third-order valence-electron chi connectivity index (χ3n) is 4.11. The van der Waals surface area contributed by atoms with E-state index < -0.39 is 0 Å². The van der Waals surface area contributed by atoms with E-state index in [-0.39, 0.29) is 5.54 Å². The standard InChI is InChI=1S/C17H21N3S/c1-4-17(3)10-11-21-16(20-17)19-14-7-5-6-13-9-8-12(2)18-15(13)14/h5-9H,4,10-11H2,1-3H3,(H,19,20). The second kappa shape index (κ2) is 5.68. The van der Waals surface area contributed by atoms with Gasteiger partial charge >= 0.3 is 0 Å². The molecule has 110 valence electrons. The lowest BCUT2D eigenvalue weighted by Crippen LogP contribution is -2.29. The van der Waals surface area contributed by atoms with Crippen LogP contribution in [-0.2, 0) is 0 Å². The van der Waals surface area contributed by atoms with Crippen LogP contribution < -0.4 is 5.32 Å². The molecule has 3 nitrogen and oxygen atoms in total. The predicted molar refractivity (Wildman–Crippen MR) is 93.3 cm³/mol. The normalized spacial score (nSPS) is 22.1. The third-order valence-corrected chi connectivity index (χ3v) is 4.99. The molecule has 0 amide bonds. The Hall–Kier alpha value is -1.55. The molecule has 0 saturated heterocycles. The number of aromatic nitrogens is 1. The van der Waals surface area contributed by atoms with E-state index in [1.165, 1.54) is 0 Å². The fourth-order valence-corrected chi connectivity index (χ4v) is 3.68. The summed E-state index contributed by atoms with van der Waals surface area (Å²) in [5.41, 5.74) is 3.17. The van der Waals surface area contributed by atoms with Crippen LogP contribution in [0, 0.1) is 6.92 Å². The summed E-state index contributed by atoms with van der Waals surface area (Å²) in [5, 5.41) is 5.66. The SMILES string of the molecule is CCC1(C)CCSC(Nc2cccc3ccc(C)nc23)=N1. The molecular weight excluding hydrogens is 278 g/mol. The van der Waals surface area contributed by atoms with Crippen molar-refractivity contribution in [3.05, 3.63) is 36.0 Å². The van der Waals surface area contributed by atoms with E-state index in [1.807, 2.05) is 13.0 Å². The number of hydrogen-bond donors (Lipinski definition) is 1. The number of aliphatic imine (C=N–C) groups is 1. The zero-order valence-corrected chi connectivity index (χ0v) is 13.6. The van der Waals surface area contributed by atoms with Crippen molar-refractivity contribution in [2.45, 2.75) is 39.2 Å². The summed E-state index contributed by atoms with van der Waals surface area (Å²) < 4.78 is 0. The Bertz CT molecular complexity index is 695. The van der Waals surface area contributed by atoms with Gasteiger partial charge in [0, 0.05) is 16.8 Å². The highest BCUT2D eigenvalue weighted by molar-refractivity contribution is 8.14. The number of para-hydroxylation sites is 1. The number of anilines is 1. The van der Waals surface area contributed by atoms with E-state index in [4.69, 9.17) is 4.99 Å². The van der Waals surface area contributed by atoms with Crippen molar-refractivity contribution in [2.24, 2.45) is 4.99 Å². The average Bonchev–Trinajstić information content (AvgIpc) is 2.48. The smallest absolute Gasteiger partial charge is 0.161 e. The molecule has 0 aliphatic carbocycles. The van der Waals surface area contributed by atoms with Gasteiger partial charge in [-0.3, -0.25) is 9.98 Å². The van der Waals surface area contributed by atoms with E-state index in [9.17, 15) is 0 Å². The highest BCUT2D eigenvalue weighted by Crippen LogP contribution is 2.31. The molecule has 1 aliphatic rings. The van der Waals surface area contributed by atoms with Gasteiger partial charge in [-0.1, -0.05) is 36.9 Å². The Balaban J connectivity index is 1.97. The van der Waals surface area contributed by atoms with Crippen LogP contribution in [0.25, 0.3) is 10.9 Å². The summed E-state index contributed by atoms with van der Waals surface area (Å²) in [6.45, 7) is 6.47. The number of aryl methyl sites for hydroxylation is 1. The minimum atomic E-state index is 0.0709. The van der Waals surface area contributed by atoms with Crippen LogP contribution in [0.2, 0.25) is 0 Å². The number of hydrogen-bond acceptors (Lipinski definition) is 4. The fourth-order valence-electron chi connectivity index (χ4n) is 2.48. The first-order valence-electron chi connectivity index (χ1n) is 7.46. The first-order valence-corrected chi connectivity index (χ1v) is 8.44. The van der Waals surface area contributed by atoms with Gasteiger partial charge in [0.2, 0.25) is 0 Å². The van der Waals surface area contributed by atoms with Crippen LogP contribution in [0.3, 0.4) is 0 Å². The van der Waals surface area contributed by atoms with Crippen molar-refractivity contribution < 1.29 is 0 Å². The molecular formula is C17H21N3S. The summed E-state index contributed by atoms with van der Waals surface area (Å²) in [5.74, 6) is 1.12. The molecule has 0 spiro atoms. The maximum atomic E-state index is 4.90. The molecule has 1 aromatic carbocycles. The largest absolute Gasteiger partial charge is 0.333 e. The summed E-state index contributed by atoms with van der Waals surface area (Å²) >= 11 is 1.80. The van der Waals surface area contributed by atoms with Gasteiger partial charge in [-0.25, -0.2) is 0 Å². The number of thioether (sulfide) groups is 1. The van der Waals surface area contributed by atoms with E-state index in [0.29, 0.717) is 0 Å². The number of fused-ring (bicyclic) bond motifs is 1. The molecule has 1 aliphatic heterocycles. The number of amidine groups is 1. The number of nitrogens with zero attached hydrogens (tertiary/aromatic N) is 2. The quantitative estimate of drug-likeness (QED) is 0.879. The van der Waals surface area contributed by atoms with Gasteiger partial charge in [0.1, 0.15) is 0 Å². The molecule has 1 atom stereocenters. The van der Waals surface area contributed by atoms with Crippen LogP contribution in [-0.4, -0.2) is 21.4 Å². The van der Waals surface area contributed by atoms with Gasteiger partial charge in [0.25, 0.3) is 0 Å². The minimum absolute atomic E-state index is 0.0709. The Morgan fingerprint density at radius 3 is 2.95 bits per heavy atom. The predicted octanol–water partition coefficient (Wildman–Crippen LogP) is 4.62. The molecule has 1 aromatic heterocycles. The molecule has 1 N–H and O–H groups in total. The molecule has 21 heavy (non-hydrogen) atoms. The van der Waals surface area contributed by atoms with Crippen molar-refractivity contribution >= 4 is 33.5 Å². The summed E-state index contributed by atoms with van der Waals surface area (Å²) in [4.78, 5) is 9.57. The van der Waals surface area contributed by atoms with Crippen LogP contribution in [0.15, 0.2) is 35.3 Å². The van der Waals surface area contributed by atoms with Gasteiger partial charge in [0.15, 0.2) is 5.17 Å². The van der Waals surface area contributed by atoms with E-state index >= 15 is 0 Å². The first kappa shape index (κ1) is 14.4. The molecule has 2 heterocycles. The lowest BCUT2D eigenvalue weighted by molar-refractivity contribution is 0.443. The lowest BCUT2D eigenvalue weighted by Gasteiger charge is -2.29. The summed E-state index contributed by atoms with van der Waals surface area (Å²) in [6, 6.07) is 10.4. The average molecular weight is 299 g/mol. The second-order valence-corrected chi connectivity index (χ2v) is 6.90. The van der Waals surface area contributed by atoms with E-state index in [1.54, 1.807) is 11.8 Å². The molecule has 0 radical (unpaired) electrons. The molecule has 4 heteroatoms. The molecule has 1 unspecified atom stereocenters. The zero-order chi connectivity index (χ0) is 14.9. The fraction of sp³-hybridized carbons (Fsp3) is 0.412. The van der Waals surface area contributed by atoms with E-state index in [0.717, 1.165) is 46.0 Å². The van der Waals surface area contributed by atoms with Gasteiger partial charge in [-0.05, 0) is 38.8 Å². The number of rotatable bonds is 2. The van der Waals surface area contributed by atoms with Crippen molar-refractivity contribution in [1.82, 2.24) is 4.98 Å². The number of benzene rings is 1. The van der Waals surface area contributed by atoms with Gasteiger partial charge in [-0.2, -0.15) is 0 Å². The number of pyridine rings is 1. The zero-order valence-electron chi connectivity index (χ0n) is 12.8. The molecule has 0 fully saturated rings. The summed E-state index contributed by atoms with van der Waals surface area (Å²) in [6.07, 6.45) is 2.22. The molecule has 0 saturated carbocycles. The number of nitrogens with one attached hydrogen (secondary N) is 1. The van der Waals surface area contributed by atoms with E-state index in [2.05, 4.69) is 48.4 Å². The Kier molecular flexibility index (Phi) is 3.89. The van der Waals surface area contributed by atoms with Crippen LogP contribution in [0.4, 0.5) is 5.69 Å². The molecule has 0 bridgehead atoms. The lowest BCUT2D eigenvalue weighted by atomic mass is 9.97. The van der Waals surface area contributed by atoms with Gasteiger partial charge in [0.05, 0.1) is 16.7 Å². The van der Waals surface area contributed by atoms with Crippen LogP contribution in [0.5, 0.6) is 0 Å².